The molecule has 0 spiro atoms. The summed E-state index contributed by atoms with van der Waals surface area (Å²) in [6.45, 7) is -2.72. The number of carbonyl (C=O) groups excluding carboxylic acids is 1. The van der Waals surface area contributed by atoms with Gasteiger partial charge in [-0.2, -0.15) is 5.10 Å². The second-order valence-corrected chi connectivity index (χ2v) is 6.88. The molecule has 0 unspecified atom stereocenters. The van der Waals surface area contributed by atoms with Gasteiger partial charge in [-0.1, -0.05) is 0 Å². The Labute approximate surface area is 141 Å². The maximum atomic E-state index is 12.2. The molecule has 24 heavy (non-hydrogen) atoms. The molecule has 0 saturated carbocycles. The molecule has 10 heteroatoms. The maximum Gasteiger partial charge on any atom is 0.273 e. The highest BCUT2D eigenvalue weighted by molar-refractivity contribution is 7.90. The van der Waals surface area contributed by atoms with Gasteiger partial charge in [-0.15, -0.1) is 5.10 Å². The lowest BCUT2D eigenvalue weighted by molar-refractivity contribution is 0.0958. The SMILES string of the molecule is [2H]C([2H])([2H])NC(=O)c1nnccc1Nc1nc2[nH]ccc2cc1S(C)(=O)=O. The summed E-state index contributed by atoms with van der Waals surface area (Å²) in [7, 11) is -3.65. The molecule has 0 aliphatic heterocycles. The van der Waals surface area contributed by atoms with Crippen LogP contribution in [0.3, 0.4) is 0 Å². The minimum absolute atomic E-state index is 0.0385. The van der Waals surface area contributed by atoms with E-state index in [1.165, 1.54) is 18.3 Å². The predicted octanol–water partition coefficient (Wildman–Crippen LogP) is 0.860. The zero-order valence-electron chi connectivity index (χ0n) is 15.4. The van der Waals surface area contributed by atoms with E-state index >= 15 is 0 Å². The van der Waals surface area contributed by atoms with Crippen LogP contribution in [0.5, 0.6) is 0 Å². The van der Waals surface area contributed by atoms with E-state index in [1.807, 2.05) is 0 Å². The highest BCUT2D eigenvalue weighted by Gasteiger charge is 2.19. The second-order valence-electron chi connectivity index (χ2n) is 4.90. The number of anilines is 2. The van der Waals surface area contributed by atoms with E-state index in [1.54, 1.807) is 17.6 Å². The Balaban J connectivity index is 2.07. The van der Waals surface area contributed by atoms with Crippen LogP contribution in [0.25, 0.3) is 11.0 Å². The van der Waals surface area contributed by atoms with Crippen LogP contribution in [0.15, 0.2) is 35.5 Å². The van der Waals surface area contributed by atoms with Crippen LogP contribution < -0.4 is 10.6 Å². The molecule has 0 aliphatic rings. The fourth-order valence-corrected chi connectivity index (χ4v) is 2.91. The molecule has 0 radical (unpaired) electrons. The maximum absolute atomic E-state index is 12.2. The number of carbonyl (C=O) groups is 1. The predicted molar refractivity (Wildman–Crippen MR) is 87.9 cm³/mol. The highest BCUT2D eigenvalue weighted by atomic mass is 32.2. The van der Waals surface area contributed by atoms with Gasteiger partial charge in [0, 0.05) is 28.9 Å². The highest BCUT2D eigenvalue weighted by Crippen LogP contribution is 2.27. The van der Waals surface area contributed by atoms with Crippen LogP contribution in [0.4, 0.5) is 11.5 Å². The van der Waals surface area contributed by atoms with E-state index in [0.717, 1.165) is 6.26 Å². The zero-order valence-corrected chi connectivity index (χ0v) is 13.2. The van der Waals surface area contributed by atoms with Gasteiger partial charge in [0.05, 0.1) is 11.9 Å². The summed E-state index contributed by atoms with van der Waals surface area (Å²) in [6.07, 6.45) is 3.90. The fraction of sp³-hybridized carbons (Fsp3) is 0.143. The molecule has 0 aromatic carbocycles. The summed E-state index contributed by atoms with van der Waals surface area (Å²) in [4.78, 5) is 19.2. The summed E-state index contributed by atoms with van der Waals surface area (Å²) < 4.78 is 45.7. The Kier molecular flexibility index (Phi) is 3.05. The number of aromatic amines is 1. The van der Waals surface area contributed by atoms with E-state index in [4.69, 9.17) is 4.11 Å². The van der Waals surface area contributed by atoms with Gasteiger partial charge in [-0.05, 0) is 18.2 Å². The fourth-order valence-electron chi connectivity index (χ4n) is 2.12. The second kappa shape index (κ2) is 5.89. The number of amides is 1. The van der Waals surface area contributed by atoms with Crippen molar-refractivity contribution < 1.29 is 17.3 Å². The third kappa shape index (κ3) is 2.91. The monoisotopic (exact) mass is 349 g/mol. The van der Waals surface area contributed by atoms with E-state index < -0.39 is 22.7 Å². The molecule has 9 nitrogen and oxygen atoms in total. The lowest BCUT2D eigenvalue weighted by Gasteiger charge is -2.12. The first-order chi connectivity index (χ1) is 12.5. The number of hydrogen-bond donors (Lipinski definition) is 3. The van der Waals surface area contributed by atoms with Crippen LogP contribution >= 0.6 is 0 Å². The molecule has 0 saturated heterocycles. The van der Waals surface area contributed by atoms with Crippen LogP contribution in [-0.2, 0) is 9.84 Å². The molecule has 3 heterocycles. The van der Waals surface area contributed by atoms with Crippen molar-refractivity contribution in [3.63, 3.8) is 0 Å². The first-order valence-corrected chi connectivity index (χ1v) is 8.53. The van der Waals surface area contributed by atoms with Gasteiger partial charge in [-0.25, -0.2) is 13.4 Å². The summed E-state index contributed by atoms with van der Waals surface area (Å²) in [6, 6.07) is 4.46. The lowest BCUT2D eigenvalue weighted by atomic mass is 10.3. The summed E-state index contributed by atoms with van der Waals surface area (Å²) in [5, 5.41) is 12.4. The van der Waals surface area contributed by atoms with Crippen molar-refractivity contribution in [2.45, 2.75) is 4.90 Å². The van der Waals surface area contributed by atoms with Crippen molar-refractivity contribution in [2.75, 3.05) is 18.5 Å². The Hall–Kier alpha value is -3.01. The van der Waals surface area contributed by atoms with E-state index in [-0.39, 0.29) is 22.1 Å². The van der Waals surface area contributed by atoms with E-state index in [9.17, 15) is 13.2 Å². The topological polar surface area (TPSA) is 130 Å². The Morgan fingerprint density at radius 3 is 2.96 bits per heavy atom. The van der Waals surface area contributed by atoms with Gasteiger partial charge < -0.3 is 15.6 Å². The van der Waals surface area contributed by atoms with Gasteiger partial charge in [0.25, 0.3) is 5.91 Å². The number of pyridine rings is 1. The van der Waals surface area contributed by atoms with Crippen molar-refractivity contribution in [1.82, 2.24) is 25.5 Å². The number of nitrogens with zero attached hydrogens (tertiary/aromatic N) is 3. The molecular weight excluding hydrogens is 332 g/mol. The molecule has 3 N–H and O–H groups in total. The third-order valence-corrected chi connectivity index (χ3v) is 4.31. The first-order valence-electron chi connectivity index (χ1n) is 8.14. The Morgan fingerprint density at radius 1 is 1.38 bits per heavy atom. The van der Waals surface area contributed by atoms with Crippen LogP contribution in [-0.4, -0.2) is 47.7 Å². The number of aromatic nitrogens is 4. The average Bonchev–Trinajstić information content (AvgIpc) is 2.99. The minimum Gasteiger partial charge on any atom is -0.354 e. The number of H-pyrrole nitrogens is 1. The average molecular weight is 349 g/mol. The van der Waals surface area contributed by atoms with Gasteiger partial charge in [0.15, 0.2) is 21.3 Å². The lowest BCUT2D eigenvalue weighted by Crippen LogP contribution is -2.21. The molecule has 0 bridgehead atoms. The van der Waals surface area contributed by atoms with Gasteiger partial charge in [0.1, 0.15) is 10.5 Å². The number of nitrogens with one attached hydrogen (secondary N) is 3. The van der Waals surface area contributed by atoms with Gasteiger partial charge in [-0.3, -0.25) is 4.79 Å². The minimum atomic E-state index is -3.65. The first kappa shape index (κ1) is 12.4. The largest absolute Gasteiger partial charge is 0.354 e. The van der Waals surface area contributed by atoms with Crippen molar-refractivity contribution in [3.05, 3.63) is 36.3 Å². The third-order valence-electron chi connectivity index (χ3n) is 3.20. The molecule has 0 aliphatic carbocycles. The molecular formula is C14H14N6O3S. The van der Waals surface area contributed by atoms with Crippen LogP contribution in [0, 0.1) is 0 Å². The van der Waals surface area contributed by atoms with Crippen molar-refractivity contribution in [3.8, 4) is 0 Å². The molecule has 124 valence electrons. The Morgan fingerprint density at radius 2 is 2.21 bits per heavy atom. The summed E-state index contributed by atoms with van der Waals surface area (Å²) in [5.41, 5.74) is 0.164. The standard InChI is InChI=1S/C14H14N6O3S/c1-15-14(21)11-9(4-6-17-20-11)18-13-10(24(2,22)23)7-8-3-5-16-12(8)19-13/h3-7H,1-2H3,(H,15,21)(H2,16,17,18,19)/i1D3. The van der Waals surface area contributed by atoms with Crippen LogP contribution in [0.2, 0.25) is 0 Å². The molecule has 1 amide bonds. The number of hydrogen-bond acceptors (Lipinski definition) is 7. The number of fused-ring (bicyclic) bond motifs is 1. The molecule has 0 atom stereocenters. The van der Waals surface area contributed by atoms with Crippen LogP contribution in [0.1, 0.15) is 14.6 Å². The normalized spacial score (nSPS) is 13.8. The molecule has 0 fully saturated rings. The van der Waals surface area contributed by atoms with Crippen molar-refractivity contribution in [2.24, 2.45) is 0 Å². The molecule has 3 rings (SSSR count). The molecule has 3 aromatic heterocycles. The Bertz CT molecular complexity index is 1130. The van der Waals surface area contributed by atoms with Crippen molar-refractivity contribution >= 4 is 38.3 Å². The van der Waals surface area contributed by atoms with E-state index in [0.29, 0.717) is 11.0 Å². The van der Waals surface area contributed by atoms with Gasteiger partial charge >= 0.3 is 0 Å². The quantitative estimate of drug-likeness (QED) is 0.637. The smallest absolute Gasteiger partial charge is 0.273 e. The molecule has 3 aromatic rings. The summed E-state index contributed by atoms with van der Waals surface area (Å²) >= 11 is 0. The van der Waals surface area contributed by atoms with Gasteiger partial charge in [0.2, 0.25) is 0 Å². The van der Waals surface area contributed by atoms with E-state index in [2.05, 4.69) is 25.5 Å². The van der Waals surface area contributed by atoms with Crippen molar-refractivity contribution in [1.29, 1.82) is 0 Å². The number of rotatable bonds is 4. The zero-order chi connectivity index (χ0) is 19.8. The number of sulfone groups is 1. The summed E-state index contributed by atoms with van der Waals surface area (Å²) in [5.74, 6) is -1.03.